The number of aryl methyl sites for hydroxylation is 1. The zero-order chi connectivity index (χ0) is 17.7. The summed E-state index contributed by atoms with van der Waals surface area (Å²) in [6, 6.07) is 11.5. The lowest BCUT2D eigenvalue weighted by molar-refractivity contribution is 0.279. The number of fused-ring (bicyclic) bond motifs is 2. The van der Waals surface area contributed by atoms with E-state index in [4.69, 9.17) is 10.7 Å². The number of hydrogen-bond donors (Lipinski definition) is 1. The summed E-state index contributed by atoms with van der Waals surface area (Å²) in [6.45, 7) is 3.31. The summed E-state index contributed by atoms with van der Waals surface area (Å²) in [5, 5.41) is 0. The van der Waals surface area contributed by atoms with Crippen LogP contribution >= 0.6 is 0 Å². The first kappa shape index (κ1) is 16.1. The van der Waals surface area contributed by atoms with Crippen LogP contribution in [0.5, 0.6) is 0 Å². The molecule has 26 heavy (non-hydrogen) atoms. The van der Waals surface area contributed by atoms with E-state index >= 15 is 0 Å². The molecule has 3 aliphatic rings. The predicted molar refractivity (Wildman–Crippen MR) is 104 cm³/mol. The largest absolute Gasteiger partial charge is 0.368 e. The van der Waals surface area contributed by atoms with Gasteiger partial charge in [-0.2, -0.15) is 4.98 Å². The average molecular weight is 349 g/mol. The van der Waals surface area contributed by atoms with Gasteiger partial charge < -0.3 is 10.6 Å². The fraction of sp³-hybridized carbons (Fsp3) is 0.524. The van der Waals surface area contributed by atoms with Crippen molar-refractivity contribution in [1.29, 1.82) is 0 Å². The lowest BCUT2D eigenvalue weighted by atomic mass is 9.90. The number of nitrogen functional groups attached to an aromatic ring is 1. The van der Waals surface area contributed by atoms with Crippen molar-refractivity contribution in [3.8, 4) is 0 Å². The molecule has 2 aliphatic heterocycles. The topological polar surface area (TPSA) is 58.3 Å². The molecule has 3 atom stereocenters. The van der Waals surface area contributed by atoms with E-state index in [-0.39, 0.29) is 0 Å². The zero-order valence-electron chi connectivity index (χ0n) is 15.4. The number of nitrogens with zero attached hydrogens (tertiary/aromatic N) is 4. The van der Waals surface area contributed by atoms with Crippen molar-refractivity contribution in [2.75, 3.05) is 37.3 Å². The van der Waals surface area contributed by atoms with Crippen molar-refractivity contribution in [1.82, 2.24) is 14.9 Å². The van der Waals surface area contributed by atoms with Gasteiger partial charge in [0.1, 0.15) is 5.82 Å². The fourth-order valence-corrected chi connectivity index (χ4v) is 5.44. The minimum absolute atomic E-state index is 0.439. The highest BCUT2D eigenvalue weighted by atomic mass is 15.3. The van der Waals surface area contributed by atoms with Crippen LogP contribution in [0, 0.1) is 11.8 Å². The van der Waals surface area contributed by atoms with Gasteiger partial charge in [-0.25, -0.2) is 4.98 Å². The van der Waals surface area contributed by atoms with E-state index in [0.717, 1.165) is 38.3 Å². The first-order chi connectivity index (χ1) is 12.7. The standard InChI is InChI=1S/C21H27N5/c1-25-11-15-12-26(13-17(15)19(25)14-7-3-2-4-8-14)20-16-9-5-6-10-18(16)23-21(22)24-20/h2-4,7-8,15,17,19H,5-6,9-13H2,1H3,(H2,22,23,24)/t15-,17+,19-/m0/s1. The first-order valence-corrected chi connectivity index (χ1v) is 9.86. The molecule has 1 aliphatic carbocycles. The molecule has 5 rings (SSSR count). The molecule has 2 N–H and O–H groups in total. The monoisotopic (exact) mass is 349 g/mol. The highest BCUT2D eigenvalue weighted by molar-refractivity contribution is 5.54. The SMILES string of the molecule is CN1C[C@H]2CN(c3nc(N)nc4c3CCCC4)C[C@H]2[C@@H]1c1ccccc1. The summed E-state index contributed by atoms with van der Waals surface area (Å²) in [5.41, 5.74) is 10.0. The Morgan fingerprint density at radius 1 is 1.00 bits per heavy atom. The number of rotatable bonds is 2. The Morgan fingerprint density at radius 3 is 2.65 bits per heavy atom. The number of nitrogens with two attached hydrogens (primary N) is 1. The molecule has 2 fully saturated rings. The lowest BCUT2D eigenvalue weighted by Gasteiger charge is -2.29. The van der Waals surface area contributed by atoms with Gasteiger partial charge >= 0.3 is 0 Å². The van der Waals surface area contributed by atoms with Crippen molar-refractivity contribution in [2.24, 2.45) is 11.8 Å². The number of aromatic nitrogens is 2. The van der Waals surface area contributed by atoms with E-state index in [1.165, 1.54) is 29.7 Å². The quantitative estimate of drug-likeness (QED) is 0.903. The summed E-state index contributed by atoms with van der Waals surface area (Å²) in [5.74, 6) is 2.91. The molecule has 1 aromatic heterocycles. The van der Waals surface area contributed by atoms with Gasteiger partial charge in [-0.1, -0.05) is 30.3 Å². The molecule has 2 aromatic rings. The maximum Gasteiger partial charge on any atom is 0.222 e. The van der Waals surface area contributed by atoms with Crippen LogP contribution in [-0.2, 0) is 12.8 Å². The normalized spacial score (nSPS) is 28.2. The van der Waals surface area contributed by atoms with Gasteiger partial charge in [-0.15, -0.1) is 0 Å². The van der Waals surface area contributed by atoms with E-state index < -0.39 is 0 Å². The molecule has 0 unspecified atom stereocenters. The fourth-order valence-electron chi connectivity index (χ4n) is 5.44. The number of likely N-dealkylation sites (tertiary alicyclic amines) is 1. The van der Waals surface area contributed by atoms with Crippen LogP contribution in [0.2, 0.25) is 0 Å². The number of hydrogen-bond acceptors (Lipinski definition) is 5. The Bertz CT molecular complexity index is 806. The second-order valence-electron chi connectivity index (χ2n) is 8.16. The third-order valence-corrected chi connectivity index (χ3v) is 6.51. The Labute approximate surface area is 155 Å². The van der Waals surface area contributed by atoms with E-state index in [9.17, 15) is 0 Å². The maximum absolute atomic E-state index is 6.05. The average Bonchev–Trinajstić information content (AvgIpc) is 3.18. The molecule has 136 valence electrons. The molecule has 0 bridgehead atoms. The maximum atomic E-state index is 6.05. The molecule has 5 nitrogen and oxygen atoms in total. The van der Waals surface area contributed by atoms with Crippen molar-refractivity contribution in [3.05, 3.63) is 47.2 Å². The molecule has 3 heterocycles. The van der Waals surface area contributed by atoms with E-state index in [1.807, 2.05) is 0 Å². The van der Waals surface area contributed by atoms with Crippen LogP contribution in [0.15, 0.2) is 30.3 Å². The molecular formula is C21H27N5. The van der Waals surface area contributed by atoms with Crippen LogP contribution in [0.1, 0.15) is 35.7 Å². The molecule has 5 heteroatoms. The van der Waals surface area contributed by atoms with Crippen molar-refractivity contribution in [3.63, 3.8) is 0 Å². The highest BCUT2D eigenvalue weighted by Gasteiger charge is 2.46. The van der Waals surface area contributed by atoms with Crippen LogP contribution in [0.3, 0.4) is 0 Å². The summed E-state index contributed by atoms with van der Waals surface area (Å²) >= 11 is 0. The Kier molecular flexibility index (Phi) is 3.85. The second kappa shape index (κ2) is 6.23. The summed E-state index contributed by atoms with van der Waals surface area (Å²) in [6.07, 6.45) is 4.60. The summed E-state index contributed by atoms with van der Waals surface area (Å²) in [7, 11) is 2.27. The Morgan fingerprint density at radius 2 is 1.81 bits per heavy atom. The second-order valence-corrected chi connectivity index (χ2v) is 8.16. The van der Waals surface area contributed by atoms with Crippen LogP contribution in [0.25, 0.3) is 0 Å². The van der Waals surface area contributed by atoms with Gasteiger partial charge in [0.05, 0.1) is 5.69 Å². The Hall–Kier alpha value is -2.14. The van der Waals surface area contributed by atoms with Crippen LogP contribution in [-0.4, -0.2) is 41.5 Å². The van der Waals surface area contributed by atoms with E-state index in [0.29, 0.717) is 23.8 Å². The van der Waals surface area contributed by atoms with Crippen LogP contribution < -0.4 is 10.6 Å². The number of benzene rings is 1. The van der Waals surface area contributed by atoms with Gasteiger partial charge in [0.15, 0.2) is 0 Å². The van der Waals surface area contributed by atoms with E-state index in [2.05, 4.69) is 52.2 Å². The van der Waals surface area contributed by atoms with E-state index in [1.54, 1.807) is 0 Å². The van der Waals surface area contributed by atoms with Crippen molar-refractivity contribution >= 4 is 11.8 Å². The third-order valence-electron chi connectivity index (χ3n) is 6.51. The minimum Gasteiger partial charge on any atom is -0.368 e. The molecule has 0 saturated carbocycles. The van der Waals surface area contributed by atoms with Gasteiger partial charge in [0.2, 0.25) is 5.95 Å². The Balaban J connectivity index is 1.46. The lowest BCUT2D eigenvalue weighted by Crippen LogP contribution is -2.31. The van der Waals surface area contributed by atoms with Crippen LogP contribution in [0.4, 0.5) is 11.8 Å². The predicted octanol–water partition coefficient (Wildman–Crippen LogP) is 2.68. The third kappa shape index (κ3) is 2.57. The summed E-state index contributed by atoms with van der Waals surface area (Å²) in [4.78, 5) is 14.2. The molecule has 0 radical (unpaired) electrons. The van der Waals surface area contributed by atoms with Gasteiger partial charge in [-0.05, 0) is 44.2 Å². The van der Waals surface area contributed by atoms with Gasteiger partial charge in [-0.3, -0.25) is 4.90 Å². The van der Waals surface area contributed by atoms with Gasteiger partial charge in [0.25, 0.3) is 0 Å². The molecular weight excluding hydrogens is 322 g/mol. The smallest absolute Gasteiger partial charge is 0.222 e. The zero-order valence-corrected chi connectivity index (χ0v) is 15.4. The highest BCUT2D eigenvalue weighted by Crippen LogP contribution is 2.45. The van der Waals surface area contributed by atoms with Crippen molar-refractivity contribution in [2.45, 2.75) is 31.7 Å². The molecule has 0 amide bonds. The molecule has 1 aromatic carbocycles. The van der Waals surface area contributed by atoms with Crippen molar-refractivity contribution < 1.29 is 0 Å². The van der Waals surface area contributed by atoms with Gasteiger partial charge in [0, 0.05) is 37.2 Å². The number of anilines is 2. The minimum atomic E-state index is 0.439. The molecule has 0 spiro atoms. The molecule has 2 saturated heterocycles. The summed E-state index contributed by atoms with van der Waals surface area (Å²) < 4.78 is 0. The first-order valence-electron chi connectivity index (χ1n) is 9.86.